The SMILES string of the molecule is COC(=O)c1ccc(CC(=O)CC2C(=O)N(c3ccccc3)C(=O)N2Cc2ccc3c(c2)OCO3)cc1. The minimum atomic E-state index is -0.958. The van der Waals surface area contributed by atoms with Crippen molar-refractivity contribution in [2.75, 3.05) is 18.8 Å². The number of amides is 3. The molecule has 9 heteroatoms. The minimum Gasteiger partial charge on any atom is -0.465 e. The molecule has 5 rings (SSSR count). The van der Waals surface area contributed by atoms with E-state index < -0.39 is 23.9 Å². The van der Waals surface area contributed by atoms with Gasteiger partial charge in [-0.1, -0.05) is 36.4 Å². The number of imide groups is 1. The van der Waals surface area contributed by atoms with Crippen molar-refractivity contribution in [2.45, 2.75) is 25.4 Å². The molecule has 0 aromatic heterocycles. The topological polar surface area (TPSA) is 102 Å². The number of hydrogen-bond acceptors (Lipinski definition) is 7. The molecule has 1 atom stereocenters. The Labute approximate surface area is 213 Å². The molecule has 1 unspecified atom stereocenters. The van der Waals surface area contributed by atoms with Crippen molar-refractivity contribution >= 4 is 29.4 Å². The number of nitrogens with zero attached hydrogens (tertiary/aromatic N) is 2. The fourth-order valence-corrected chi connectivity index (χ4v) is 4.46. The normalized spacial score (nSPS) is 16.3. The van der Waals surface area contributed by atoms with E-state index in [2.05, 4.69) is 0 Å². The Morgan fingerprint density at radius 2 is 1.62 bits per heavy atom. The van der Waals surface area contributed by atoms with Crippen LogP contribution < -0.4 is 14.4 Å². The average molecular weight is 501 g/mol. The number of Topliss-reactive ketones (excluding diaryl/α,β-unsaturated/α-hetero) is 1. The summed E-state index contributed by atoms with van der Waals surface area (Å²) < 4.78 is 15.5. The number of hydrogen-bond donors (Lipinski definition) is 0. The maximum atomic E-state index is 13.5. The van der Waals surface area contributed by atoms with E-state index in [9.17, 15) is 19.2 Å². The number of methoxy groups -OCH3 is 1. The highest BCUT2D eigenvalue weighted by Crippen LogP contribution is 2.34. The first kappa shape index (κ1) is 24.1. The lowest BCUT2D eigenvalue weighted by Gasteiger charge is -2.21. The van der Waals surface area contributed by atoms with E-state index in [-0.39, 0.29) is 32.0 Å². The second-order valence-corrected chi connectivity index (χ2v) is 8.73. The van der Waals surface area contributed by atoms with Crippen LogP contribution in [-0.2, 0) is 27.3 Å². The number of benzene rings is 3. The van der Waals surface area contributed by atoms with Crippen molar-refractivity contribution in [2.24, 2.45) is 0 Å². The lowest BCUT2D eigenvalue weighted by molar-refractivity contribution is -0.125. The number of ketones is 1. The lowest BCUT2D eigenvalue weighted by Crippen LogP contribution is -2.36. The van der Waals surface area contributed by atoms with Crippen molar-refractivity contribution < 1.29 is 33.4 Å². The van der Waals surface area contributed by atoms with Crippen LogP contribution in [0.1, 0.15) is 27.9 Å². The van der Waals surface area contributed by atoms with Gasteiger partial charge in [-0.25, -0.2) is 14.5 Å². The average Bonchev–Trinajstić information content (AvgIpc) is 3.47. The van der Waals surface area contributed by atoms with Crippen LogP contribution in [0.15, 0.2) is 72.8 Å². The van der Waals surface area contributed by atoms with Gasteiger partial charge in [0.15, 0.2) is 11.5 Å². The monoisotopic (exact) mass is 500 g/mol. The van der Waals surface area contributed by atoms with Gasteiger partial charge in [0.2, 0.25) is 6.79 Å². The molecule has 3 aromatic rings. The number of fused-ring (bicyclic) bond motifs is 1. The Morgan fingerprint density at radius 1 is 0.919 bits per heavy atom. The van der Waals surface area contributed by atoms with E-state index in [0.29, 0.717) is 28.3 Å². The second-order valence-electron chi connectivity index (χ2n) is 8.73. The van der Waals surface area contributed by atoms with Crippen LogP contribution in [0.25, 0.3) is 0 Å². The van der Waals surface area contributed by atoms with Gasteiger partial charge in [-0.15, -0.1) is 0 Å². The van der Waals surface area contributed by atoms with Crippen molar-refractivity contribution in [1.82, 2.24) is 4.90 Å². The van der Waals surface area contributed by atoms with E-state index in [0.717, 1.165) is 10.5 Å². The molecule has 0 N–H and O–H groups in total. The van der Waals surface area contributed by atoms with Gasteiger partial charge in [0, 0.05) is 19.4 Å². The largest absolute Gasteiger partial charge is 0.465 e. The van der Waals surface area contributed by atoms with Crippen molar-refractivity contribution in [1.29, 1.82) is 0 Å². The molecule has 188 valence electrons. The van der Waals surface area contributed by atoms with Crippen LogP contribution in [0, 0.1) is 0 Å². The summed E-state index contributed by atoms with van der Waals surface area (Å²) in [6.07, 6.45) is -0.0835. The van der Waals surface area contributed by atoms with Crippen LogP contribution in [-0.4, -0.2) is 48.5 Å². The number of ether oxygens (including phenoxy) is 3. The summed E-state index contributed by atoms with van der Waals surface area (Å²) in [5.74, 6) is 0.0591. The number of carbonyl (C=O) groups is 4. The first-order chi connectivity index (χ1) is 17.9. The van der Waals surface area contributed by atoms with Crippen molar-refractivity contribution in [3.8, 4) is 11.5 Å². The molecule has 1 saturated heterocycles. The molecule has 0 radical (unpaired) electrons. The smallest absolute Gasteiger partial charge is 0.337 e. The van der Waals surface area contributed by atoms with E-state index in [1.54, 1.807) is 72.8 Å². The van der Waals surface area contributed by atoms with E-state index in [1.807, 2.05) is 0 Å². The first-order valence-electron chi connectivity index (χ1n) is 11.7. The molecule has 1 fully saturated rings. The van der Waals surface area contributed by atoms with Crippen LogP contribution in [0.4, 0.5) is 10.5 Å². The zero-order valence-corrected chi connectivity index (χ0v) is 20.1. The van der Waals surface area contributed by atoms with Gasteiger partial charge in [-0.05, 0) is 47.5 Å². The maximum Gasteiger partial charge on any atom is 0.337 e. The zero-order valence-electron chi connectivity index (χ0n) is 20.1. The summed E-state index contributed by atoms with van der Waals surface area (Å²) >= 11 is 0. The highest BCUT2D eigenvalue weighted by atomic mass is 16.7. The van der Waals surface area contributed by atoms with Gasteiger partial charge in [0.1, 0.15) is 11.8 Å². The Bertz CT molecular complexity index is 1350. The Hall–Kier alpha value is -4.66. The third-order valence-corrected chi connectivity index (χ3v) is 6.32. The summed E-state index contributed by atoms with van der Waals surface area (Å²) in [5, 5.41) is 0. The number of urea groups is 1. The quantitative estimate of drug-likeness (QED) is 0.343. The number of rotatable bonds is 8. The summed E-state index contributed by atoms with van der Waals surface area (Å²) in [7, 11) is 1.30. The molecule has 37 heavy (non-hydrogen) atoms. The van der Waals surface area contributed by atoms with Gasteiger partial charge >= 0.3 is 12.0 Å². The third kappa shape index (κ3) is 4.88. The standard InChI is InChI=1S/C28H24N2O7/c1-35-27(33)20-10-7-18(8-11-20)13-22(31)15-23-26(32)30(21-5-3-2-4-6-21)28(34)29(23)16-19-9-12-24-25(14-19)37-17-36-24/h2-12,14,23H,13,15-17H2,1H3. The highest BCUT2D eigenvalue weighted by molar-refractivity contribution is 6.22. The number of para-hydroxylation sites is 1. The number of carbonyl (C=O) groups excluding carboxylic acids is 4. The maximum absolute atomic E-state index is 13.5. The van der Waals surface area contributed by atoms with Crippen LogP contribution in [0.3, 0.4) is 0 Å². The van der Waals surface area contributed by atoms with Gasteiger partial charge in [0.25, 0.3) is 5.91 Å². The van der Waals surface area contributed by atoms with Gasteiger partial charge in [-0.2, -0.15) is 0 Å². The Balaban J connectivity index is 1.37. The van der Waals surface area contributed by atoms with Gasteiger partial charge in [-0.3, -0.25) is 9.59 Å². The number of anilines is 1. The fraction of sp³-hybridized carbons (Fsp3) is 0.214. The molecule has 0 aliphatic carbocycles. The van der Waals surface area contributed by atoms with Crippen LogP contribution in [0.2, 0.25) is 0 Å². The molecule has 2 heterocycles. The molecule has 2 aliphatic heterocycles. The Kier molecular flexibility index (Phi) is 6.59. The zero-order chi connectivity index (χ0) is 25.9. The third-order valence-electron chi connectivity index (χ3n) is 6.32. The summed E-state index contributed by atoms with van der Waals surface area (Å²) in [6, 6.07) is 19.0. The minimum absolute atomic E-state index is 0.0582. The van der Waals surface area contributed by atoms with E-state index in [4.69, 9.17) is 14.2 Å². The van der Waals surface area contributed by atoms with E-state index >= 15 is 0 Å². The second kappa shape index (κ2) is 10.1. The summed E-state index contributed by atoms with van der Waals surface area (Å²) in [6.45, 7) is 0.246. The predicted octanol–water partition coefficient (Wildman–Crippen LogP) is 3.74. The molecule has 2 aliphatic rings. The van der Waals surface area contributed by atoms with Crippen molar-refractivity contribution in [3.05, 3.63) is 89.5 Å². The molecule has 9 nitrogen and oxygen atoms in total. The van der Waals surface area contributed by atoms with Crippen LogP contribution in [0.5, 0.6) is 11.5 Å². The molecule has 3 amide bonds. The molecular weight excluding hydrogens is 476 g/mol. The molecular formula is C28H24N2O7. The van der Waals surface area contributed by atoms with Crippen LogP contribution >= 0.6 is 0 Å². The fourth-order valence-electron chi connectivity index (χ4n) is 4.46. The molecule has 0 spiro atoms. The summed E-state index contributed by atoms with van der Waals surface area (Å²) in [5.41, 5.74) is 2.26. The lowest BCUT2D eigenvalue weighted by atomic mass is 10.0. The van der Waals surface area contributed by atoms with Gasteiger partial charge in [0.05, 0.1) is 18.4 Å². The summed E-state index contributed by atoms with van der Waals surface area (Å²) in [4.78, 5) is 54.2. The van der Waals surface area contributed by atoms with E-state index in [1.165, 1.54) is 12.0 Å². The molecule has 0 bridgehead atoms. The highest BCUT2D eigenvalue weighted by Gasteiger charge is 2.46. The number of esters is 1. The predicted molar refractivity (Wildman–Crippen MR) is 132 cm³/mol. The van der Waals surface area contributed by atoms with Crippen molar-refractivity contribution in [3.63, 3.8) is 0 Å². The molecule has 0 saturated carbocycles. The van der Waals surface area contributed by atoms with Gasteiger partial charge < -0.3 is 19.1 Å². The Morgan fingerprint density at radius 3 is 2.35 bits per heavy atom. The molecule has 3 aromatic carbocycles. The first-order valence-corrected chi connectivity index (χ1v) is 11.7.